The van der Waals surface area contributed by atoms with E-state index in [1.54, 1.807) is 0 Å². The lowest BCUT2D eigenvalue weighted by molar-refractivity contribution is -0.120. The van der Waals surface area contributed by atoms with Gasteiger partial charge in [0.15, 0.2) is 0 Å². The first-order valence-corrected chi connectivity index (χ1v) is 8.84. The van der Waals surface area contributed by atoms with Crippen LogP contribution >= 0.6 is 0 Å². The number of carbonyl (C=O) groups is 1. The second-order valence-corrected chi connectivity index (χ2v) is 6.96. The van der Waals surface area contributed by atoms with Crippen LogP contribution in [0.1, 0.15) is 56.9 Å². The van der Waals surface area contributed by atoms with Crippen molar-refractivity contribution in [3.63, 3.8) is 0 Å². The Morgan fingerprint density at radius 1 is 1.09 bits per heavy atom. The van der Waals surface area contributed by atoms with Crippen molar-refractivity contribution in [2.24, 2.45) is 0 Å². The number of amides is 1. The van der Waals surface area contributed by atoms with Crippen LogP contribution < -0.4 is 10.6 Å². The first-order chi connectivity index (χ1) is 10.8. The molecule has 2 fully saturated rings. The Bertz CT molecular complexity index is 479. The molecule has 1 heterocycles. The zero-order valence-corrected chi connectivity index (χ0v) is 13.4. The van der Waals surface area contributed by atoms with Gasteiger partial charge in [0.1, 0.15) is 0 Å². The number of hydrogen-bond acceptors (Lipinski definition) is 2. The number of hydrogen-bond donors (Lipinski definition) is 2. The molecule has 2 aliphatic rings. The van der Waals surface area contributed by atoms with Gasteiger partial charge in [-0.3, -0.25) is 4.79 Å². The summed E-state index contributed by atoms with van der Waals surface area (Å²) < 4.78 is 0. The van der Waals surface area contributed by atoms with Gasteiger partial charge in [-0.15, -0.1) is 0 Å². The second-order valence-electron chi connectivity index (χ2n) is 6.96. The fourth-order valence-electron chi connectivity index (χ4n) is 4.06. The Morgan fingerprint density at radius 3 is 2.64 bits per heavy atom. The van der Waals surface area contributed by atoms with Gasteiger partial charge < -0.3 is 10.6 Å². The topological polar surface area (TPSA) is 41.1 Å². The largest absolute Gasteiger partial charge is 0.356 e. The highest BCUT2D eigenvalue weighted by Gasteiger charge is 2.34. The van der Waals surface area contributed by atoms with Crippen LogP contribution in [0.15, 0.2) is 30.3 Å². The van der Waals surface area contributed by atoms with Crippen molar-refractivity contribution in [2.75, 3.05) is 13.1 Å². The maximum Gasteiger partial charge on any atom is 0.220 e. The minimum Gasteiger partial charge on any atom is -0.356 e. The van der Waals surface area contributed by atoms with E-state index in [1.807, 2.05) is 0 Å². The van der Waals surface area contributed by atoms with E-state index in [9.17, 15) is 4.79 Å². The van der Waals surface area contributed by atoms with Crippen molar-refractivity contribution in [3.8, 4) is 0 Å². The smallest absolute Gasteiger partial charge is 0.220 e. The molecule has 1 aliphatic heterocycles. The molecule has 22 heavy (non-hydrogen) atoms. The average molecular weight is 300 g/mol. The van der Waals surface area contributed by atoms with Crippen molar-refractivity contribution in [1.29, 1.82) is 0 Å². The van der Waals surface area contributed by atoms with E-state index in [4.69, 9.17) is 0 Å². The van der Waals surface area contributed by atoms with E-state index in [0.29, 0.717) is 17.9 Å². The first-order valence-electron chi connectivity index (χ1n) is 8.84. The molecule has 3 nitrogen and oxygen atoms in total. The molecule has 1 amide bonds. The van der Waals surface area contributed by atoms with Crippen molar-refractivity contribution >= 4 is 5.91 Å². The highest BCUT2D eigenvalue weighted by Crippen LogP contribution is 2.39. The summed E-state index contributed by atoms with van der Waals surface area (Å²) in [4.78, 5) is 11.5. The molecule has 2 N–H and O–H groups in total. The molecule has 3 heteroatoms. The number of rotatable bonds is 4. The van der Waals surface area contributed by atoms with Crippen LogP contribution in [0.25, 0.3) is 0 Å². The molecule has 0 spiro atoms. The van der Waals surface area contributed by atoms with Crippen LogP contribution in [-0.4, -0.2) is 25.0 Å². The molecule has 3 rings (SSSR count). The van der Waals surface area contributed by atoms with Gasteiger partial charge in [-0.25, -0.2) is 0 Å². The summed E-state index contributed by atoms with van der Waals surface area (Å²) in [5.74, 6) is 0.208. The van der Waals surface area contributed by atoms with E-state index >= 15 is 0 Å². The van der Waals surface area contributed by atoms with Crippen LogP contribution in [0.5, 0.6) is 0 Å². The predicted octanol–water partition coefficient (Wildman–Crippen LogP) is 3.15. The van der Waals surface area contributed by atoms with Crippen LogP contribution in [0.3, 0.4) is 0 Å². The van der Waals surface area contributed by atoms with Gasteiger partial charge in [-0.05, 0) is 31.2 Å². The molecular weight excluding hydrogens is 272 g/mol. The molecule has 1 aromatic rings. The lowest BCUT2D eigenvalue weighted by Gasteiger charge is -2.39. The Hall–Kier alpha value is -1.35. The van der Waals surface area contributed by atoms with Gasteiger partial charge in [0.05, 0.1) is 0 Å². The number of carbonyl (C=O) groups excluding carboxylic acids is 1. The van der Waals surface area contributed by atoms with E-state index in [0.717, 1.165) is 25.9 Å². The predicted molar refractivity (Wildman–Crippen MR) is 89.9 cm³/mol. The summed E-state index contributed by atoms with van der Waals surface area (Å²) in [5, 5.41) is 6.77. The molecule has 0 aromatic heterocycles. The van der Waals surface area contributed by atoms with Crippen molar-refractivity contribution in [2.45, 2.75) is 62.8 Å². The third-order valence-electron chi connectivity index (χ3n) is 5.46. The lowest BCUT2D eigenvalue weighted by atomic mass is 9.69. The van der Waals surface area contributed by atoms with Crippen molar-refractivity contribution in [3.05, 3.63) is 35.9 Å². The summed E-state index contributed by atoms with van der Waals surface area (Å²) >= 11 is 0. The van der Waals surface area contributed by atoms with Gasteiger partial charge >= 0.3 is 0 Å². The highest BCUT2D eigenvalue weighted by molar-refractivity contribution is 5.76. The molecule has 1 aromatic carbocycles. The molecule has 1 atom stereocenters. The first kappa shape index (κ1) is 15.5. The lowest BCUT2D eigenvalue weighted by Crippen LogP contribution is -2.44. The fraction of sp³-hybridized carbons (Fsp3) is 0.632. The summed E-state index contributed by atoms with van der Waals surface area (Å²) in [5.41, 5.74) is 1.79. The van der Waals surface area contributed by atoms with Crippen LogP contribution in [0, 0.1) is 0 Å². The monoisotopic (exact) mass is 300 g/mol. The third-order valence-corrected chi connectivity index (χ3v) is 5.46. The highest BCUT2D eigenvalue weighted by atomic mass is 16.1. The minimum absolute atomic E-state index is 0.208. The zero-order chi connectivity index (χ0) is 15.3. The Balaban J connectivity index is 1.67. The molecule has 1 unspecified atom stereocenters. The van der Waals surface area contributed by atoms with Gasteiger partial charge in [-0.1, -0.05) is 49.6 Å². The summed E-state index contributed by atoms with van der Waals surface area (Å²) in [6.07, 6.45) is 9.30. The van der Waals surface area contributed by atoms with E-state index in [1.165, 1.54) is 37.7 Å². The quantitative estimate of drug-likeness (QED) is 0.897. The molecule has 0 radical (unpaired) electrons. The number of benzene rings is 1. The summed E-state index contributed by atoms with van der Waals surface area (Å²) in [7, 11) is 0. The van der Waals surface area contributed by atoms with Crippen LogP contribution in [-0.2, 0) is 10.2 Å². The molecule has 1 saturated carbocycles. The fourth-order valence-corrected chi connectivity index (χ4v) is 4.06. The van der Waals surface area contributed by atoms with Crippen LogP contribution in [0.2, 0.25) is 0 Å². The van der Waals surface area contributed by atoms with Crippen molar-refractivity contribution < 1.29 is 4.79 Å². The van der Waals surface area contributed by atoms with Crippen LogP contribution in [0.4, 0.5) is 0 Å². The number of nitrogens with one attached hydrogen (secondary N) is 2. The van der Waals surface area contributed by atoms with E-state index < -0.39 is 0 Å². The van der Waals surface area contributed by atoms with Gasteiger partial charge in [0.2, 0.25) is 5.91 Å². The van der Waals surface area contributed by atoms with Crippen molar-refractivity contribution in [1.82, 2.24) is 10.6 Å². The summed E-state index contributed by atoms with van der Waals surface area (Å²) in [6.45, 7) is 1.87. The minimum atomic E-state index is 0.208. The molecule has 1 saturated heterocycles. The molecular formula is C19H28N2O. The second kappa shape index (κ2) is 7.28. The van der Waals surface area contributed by atoms with Gasteiger partial charge in [0, 0.05) is 31.0 Å². The molecule has 0 bridgehead atoms. The molecule has 1 aliphatic carbocycles. The zero-order valence-electron chi connectivity index (χ0n) is 13.4. The Kier molecular flexibility index (Phi) is 5.14. The summed E-state index contributed by atoms with van der Waals surface area (Å²) in [6, 6.07) is 11.5. The Morgan fingerprint density at radius 2 is 1.86 bits per heavy atom. The third kappa shape index (κ3) is 3.70. The SMILES string of the molecule is O=C1CCC(NCC2(c3ccccc3)CCCCC2)CCN1. The normalized spacial score (nSPS) is 25.3. The maximum absolute atomic E-state index is 11.5. The Labute approximate surface area is 133 Å². The maximum atomic E-state index is 11.5. The van der Waals surface area contributed by atoms with Gasteiger partial charge in [0.25, 0.3) is 0 Å². The standard InChI is InChI=1S/C19H28N2O/c22-18-10-9-17(11-14-20-18)21-15-19(12-5-2-6-13-19)16-7-3-1-4-8-16/h1,3-4,7-8,17,21H,2,5-6,9-15H2,(H,20,22). The van der Waals surface area contributed by atoms with Gasteiger partial charge in [-0.2, -0.15) is 0 Å². The van der Waals surface area contributed by atoms with E-state index in [-0.39, 0.29) is 5.91 Å². The molecule has 120 valence electrons. The average Bonchev–Trinajstić information content (AvgIpc) is 2.79. The van der Waals surface area contributed by atoms with E-state index in [2.05, 4.69) is 41.0 Å².